The summed E-state index contributed by atoms with van der Waals surface area (Å²) in [6.45, 7) is 3.38. The summed E-state index contributed by atoms with van der Waals surface area (Å²) in [5, 5.41) is 3.46. The van der Waals surface area contributed by atoms with Crippen molar-refractivity contribution in [2.75, 3.05) is 19.6 Å². The zero-order valence-corrected chi connectivity index (χ0v) is 12.5. The lowest BCUT2D eigenvalue weighted by atomic mass is 10.0. The molecule has 0 radical (unpaired) electrons. The summed E-state index contributed by atoms with van der Waals surface area (Å²) in [7, 11) is 0. The molecular weight excluding hydrogens is 274 g/mol. The Morgan fingerprint density at radius 3 is 2.67 bits per heavy atom. The minimum absolute atomic E-state index is 0.267. The first-order valence-electron chi connectivity index (χ1n) is 7.67. The Hall–Kier alpha value is -1.20. The third-order valence-electron chi connectivity index (χ3n) is 3.90. The maximum Gasteiger partial charge on any atom is 0.387 e. The van der Waals surface area contributed by atoms with Crippen LogP contribution in [0.2, 0.25) is 0 Å². The van der Waals surface area contributed by atoms with Gasteiger partial charge in [-0.1, -0.05) is 25.1 Å². The summed E-state index contributed by atoms with van der Waals surface area (Å²) in [5.41, 5.74) is 0.786. The molecule has 0 saturated carbocycles. The Bertz CT molecular complexity index is 420. The highest BCUT2D eigenvalue weighted by Crippen LogP contribution is 2.21. The van der Waals surface area contributed by atoms with Gasteiger partial charge < -0.3 is 15.0 Å². The lowest BCUT2D eigenvalue weighted by molar-refractivity contribution is -0.0505. The van der Waals surface area contributed by atoms with E-state index in [0.29, 0.717) is 12.6 Å². The van der Waals surface area contributed by atoms with Gasteiger partial charge >= 0.3 is 6.61 Å². The number of hydrogen-bond acceptors (Lipinski definition) is 3. The fraction of sp³-hybridized carbons (Fsp3) is 0.625. The van der Waals surface area contributed by atoms with Gasteiger partial charge in [0.25, 0.3) is 0 Å². The summed E-state index contributed by atoms with van der Waals surface area (Å²) >= 11 is 0. The zero-order valence-electron chi connectivity index (χ0n) is 12.5. The number of piperidine rings is 1. The van der Waals surface area contributed by atoms with Crippen molar-refractivity contribution >= 4 is 0 Å². The molecule has 1 aliphatic heterocycles. The number of halogens is 2. The Labute approximate surface area is 125 Å². The number of para-hydroxylation sites is 1. The lowest BCUT2D eigenvalue weighted by Crippen LogP contribution is -2.42. The minimum atomic E-state index is -2.77. The normalized spacial score (nSPS) is 17.3. The van der Waals surface area contributed by atoms with Crippen molar-refractivity contribution in [1.82, 2.24) is 10.2 Å². The molecule has 0 aromatic heterocycles. The van der Waals surface area contributed by atoms with Crippen LogP contribution in [0.15, 0.2) is 24.3 Å². The molecule has 5 heteroatoms. The van der Waals surface area contributed by atoms with Gasteiger partial charge in [0.05, 0.1) is 0 Å². The van der Waals surface area contributed by atoms with Crippen molar-refractivity contribution < 1.29 is 13.5 Å². The van der Waals surface area contributed by atoms with Gasteiger partial charge in [0.2, 0.25) is 0 Å². The van der Waals surface area contributed by atoms with Gasteiger partial charge in [-0.3, -0.25) is 0 Å². The largest absolute Gasteiger partial charge is 0.434 e. The second-order valence-corrected chi connectivity index (χ2v) is 5.48. The van der Waals surface area contributed by atoms with Crippen molar-refractivity contribution in [3.05, 3.63) is 29.8 Å². The van der Waals surface area contributed by atoms with E-state index in [2.05, 4.69) is 21.9 Å². The minimum Gasteiger partial charge on any atom is -0.434 e. The van der Waals surface area contributed by atoms with Gasteiger partial charge in [-0.15, -0.1) is 0 Å². The predicted octanol–water partition coefficient (Wildman–Crippen LogP) is 3.25. The van der Waals surface area contributed by atoms with E-state index in [1.165, 1.54) is 6.42 Å². The van der Waals surface area contributed by atoms with Crippen molar-refractivity contribution in [3.63, 3.8) is 0 Å². The van der Waals surface area contributed by atoms with Crippen LogP contribution in [-0.2, 0) is 6.54 Å². The second kappa shape index (κ2) is 8.29. The molecule has 0 bridgehead atoms. The monoisotopic (exact) mass is 298 g/mol. The molecule has 1 aromatic rings. The molecule has 0 aliphatic carbocycles. The molecule has 1 aromatic carbocycles. The Balaban J connectivity index is 1.81. The molecule has 3 nitrogen and oxygen atoms in total. The SMILES string of the molecule is CCCN1CCC(NCc2ccccc2OC(F)F)CC1. The number of benzene rings is 1. The second-order valence-electron chi connectivity index (χ2n) is 5.48. The number of rotatable bonds is 7. The summed E-state index contributed by atoms with van der Waals surface area (Å²) in [4.78, 5) is 2.48. The maximum absolute atomic E-state index is 12.4. The third-order valence-corrected chi connectivity index (χ3v) is 3.90. The Morgan fingerprint density at radius 2 is 2.00 bits per heavy atom. The summed E-state index contributed by atoms with van der Waals surface area (Å²) in [6.07, 6.45) is 3.41. The maximum atomic E-state index is 12.4. The van der Waals surface area contributed by atoms with Crippen LogP contribution < -0.4 is 10.1 Å². The molecule has 0 atom stereocenters. The number of likely N-dealkylation sites (tertiary alicyclic amines) is 1. The summed E-state index contributed by atoms with van der Waals surface area (Å²) in [5.74, 6) is 0.267. The van der Waals surface area contributed by atoms with Crippen molar-refractivity contribution in [1.29, 1.82) is 0 Å². The van der Waals surface area contributed by atoms with Crippen LogP contribution in [0.4, 0.5) is 8.78 Å². The van der Waals surface area contributed by atoms with Crippen molar-refractivity contribution in [2.24, 2.45) is 0 Å². The summed E-state index contributed by atoms with van der Waals surface area (Å²) in [6, 6.07) is 7.44. The van der Waals surface area contributed by atoms with Gasteiger partial charge in [-0.05, 0) is 45.0 Å². The van der Waals surface area contributed by atoms with E-state index in [4.69, 9.17) is 0 Å². The molecule has 0 amide bonds. The van der Waals surface area contributed by atoms with Crippen LogP contribution in [0, 0.1) is 0 Å². The van der Waals surface area contributed by atoms with E-state index in [9.17, 15) is 8.78 Å². The molecule has 1 fully saturated rings. The first-order chi connectivity index (χ1) is 10.2. The molecule has 2 rings (SSSR count). The molecule has 21 heavy (non-hydrogen) atoms. The number of ether oxygens (including phenoxy) is 1. The molecule has 1 heterocycles. The number of nitrogens with zero attached hydrogens (tertiary/aromatic N) is 1. The highest BCUT2D eigenvalue weighted by Gasteiger charge is 2.18. The van der Waals surface area contributed by atoms with Gasteiger partial charge in [-0.25, -0.2) is 0 Å². The van der Waals surface area contributed by atoms with Gasteiger partial charge in [0, 0.05) is 18.2 Å². The standard InChI is InChI=1S/C16H24F2N2O/c1-2-9-20-10-7-14(8-11-20)19-12-13-5-3-4-6-15(13)21-16(17)18/h3-6,14,16,19H,2,7-12H2,1H3. The fourth-order valence-corrected chi connectivity index (χ4v) is 2.79. The first-order valence-corrected chi connectivity index (χ1v) is 7.67. The van der Waals surface area contributed by atoms with Crippen molar-refractivity contribution in [2.45, 2.75) is 45.4 Å². The van der Waals surface area contributed by atoms with Crippen LogP contribution in [0.3, 0.4) is 0 Å². The molecule has 1 saturated heterocycles. The zero-order chi connectivity index (χ0) is 15.1. The summed E-state index contributed by atoms with van der Waals surface area (Å²) < 4.78 is 29.3. The average Bonchev–Trinajstić information content (AvgIpc) is 2.48. The Kier molecular flexibility index (Phi) is 6.39. The topological polar surface area (TPSA) is 24.5 Å². The number of alkyl halides is 2. The van der Waals surface area contributed by atoms with E-state index < -0.39 is 6.61 Å². The average molecular weight is 298 g/mol. The van der Waals surface area contributed by atoms with Crippen LogP contribution in [0.25, 0.3) is 0 Å². The molecule has 0 unspecified atom stereocenters. The fourth-order valence-electron chi connectivity index (χ4n) is 2.79. The quantitative estimate of drug-likeness (QED) is 0.836. The van der Waals surface area contributed by atoms with E-state index in [0.717, 1.165) is 38.0 Å². The lowest BCUT2D eigenvalue weighted by Gasteiger charge is -2.32. The van der Waals surface area contributed by atoms with Gasteiger partial charge in [0.15, 0.2) is 0 Å². The molecule has 1 N–H and O–H groups in total. The molecule has 1 aliphatic rings. The van der Waals surface area contributed by atoms with Crippen LogP contribution >= 0.6 is 0 Å². The van der Waals surface area contributed by atoms with E-state index in [1.54, 1.807) is 12.1 Å². The molecular formula is C16H24F2N2O. The smallest absolute Gasteiger partial charge is 0.387 e. The highest BCUT2D eigenvalue weighted by atomic mass is 19.3. The van der Waals surface area contributed by atoms with Crippen LogP contribution in [-0.4, -0.2) is 37.2 Å². The number of nitrogens with one attached hydrogen (secondary N) is 1. The third kappa shape index (κ3) is 5.25. The van der Waals surface area contributed by atoms with Crippen molar-refractivity contribution in [3.8, 4) is 5.75 Å². The number of hydrogen-bond donors (Lipinski definition) is 1. The van der Waals surface area contributed by atoms with Crippen LogP contribution in [0.1, 0.15) is 31.7 Å². The molecule has 0 spiro atoms. The highest BCUT2D eigenvalue weighted by molar-refractivity contribution is 5.33. The van der Waals surface area contributed by atoms with E-state index in [-0.39, 0.29) is 5.75 Å². The van der Waals surface area contributed by atoms with E-state index in [1.807, 2.05) is 12.1 Å². The van der Waals surface area contributed by atoms with Gasteiger partial charge in [-0.2, -0.15) is 8.78 Å². The molecule has 118 valence electrons. The van der Waals surface area contributed by atoms with E-state index >= 15 is 0 Å². The van der Waals surface area contributed by atoms with Crippen LogP contribution in [0.5, 0.6) is 5.75 Å². The first kappa shape index (κ1) is 16.2. The Morgan fingerprint density at radius 1 is 1.29 bits per heavy atom. The predicted molar refractivity (Wildman–Crippen MR) is 79.7 cm³/mol. The van der Waals surface area contributed by atoms with Gasteiger partial charge in [0.1, 0.15) is 5.75 Å².